The van der Waals surface area contributed by atoms with Crippen LogP contribution in [0.25, 0.3) is 0 Å². The van der Waals surface area contributed by atoms with Crippen LogP contribution in [0, 0.1) is 0 Å². The van der Waals surface area contributed by atoms with Crippen molar-refractivity contribution in [1.29, 1.82) is 0 Å². The van der Waals surface area contributed by atoms with Crippen LogP contribution in [0.4, 0.5) is 0 Å². The van der Waals surface area contributed by atoms with Crippen LogP contribution in [-0.4, -0.2) is 45.6 Å². The Labute approximate surface area is 93.4 Å². The van der Waals surface area contributed by atoms with Crippen LogP contribution in [0.2, 0.25) is 0 Å². The van der Waals surface area contributed by atoms with Crippen LogP contribution in [0.15, 0.2) is 0 Å². The summed E-state index contributed by atoms with van der Waals surface area (Å²) in [5, 5.41) is 0. The molecule has 5 heavy (non-hydrogen) atoms. The third-order valence-electron chi connectivity index (χ3n) is 0. The summed E-state index contributed by atoms with van der Waals surface area (Å²) in [7, 11) is 0. The summed E-state index contributed by atoms with van der Waals surface area (Å²) < 4.78 is 0. The molecule has 0 aliphatic rings. The van der Waals surface area contributed by atoms with Crippen molar-refractivity contribution in [3.8, 4) is 0 Å². The second-order valence-corrected chi connectivity index (χ2v) is 16.3. The molecule has 0 aromatic carbocycles. The van der Waals surface area contributed by atoms with Gasteiger partial charge in [-0.1, -0.05) is 0 Å². The van der Waals surface area contributed by atoms with Gasteiger partial charge in [-0.2, -0.15) is 0 Å². The quantitative estimate of drug-likeness (QED) is 0.209. The van der Waals surface area contributed by atoms with E-state index in [2.05, 4.69) is 37.2 Å². The van der Waals surface area contributed by atoms with Crippen molar-refractivity contribution in [2.24, 2.45) is 0 Å². The van der Waals surface area contributed by atoms with Crippen LogP contribution in [0.5, 0.6) is 0 Å². The van der Waals surface area contributed by atoms with Gasteiger partial charge in [0.1, 0.15) is 0 Å². The zero-order valence-electron chi connectivity index (χ0n) is 1.13. The molecule has 0 atom stereocenters. The summed E-state index contributed by atoms with van der Waals surface area (Å²) >= 11 is 5.30. The molecule has 0 saturated heterocycles. The SMILES string of the molecule is I[I-]I.[GaH3].[InH3]. The minimum absolute atomic E-state index is 0. The molecule has 0 aromatic heterocycles. The first-order chi connectivity index (χ1) is 1.41. The molecule has 0 spiro atoms. The second kappa shape index (κ2) is 15.6. The maximum absolute atomic E-state index is 2.39. The van der Waals surface area contributed by atoms with Gasteiger partial charge in [-0.05, 0) is 0 Å². The molecule has 0 aliphatic heterocycles. The zero-order valence-corrected chi connectivity index (χ0v) is 7.61. The Bertz CT molecular complexity index is 6.85. The predicted octanol–water partition coefficient (Wildman–Crippen LogP) is -3.59. The normalized spacial score (nSPS) is 4.40. The molecule has 0 nitrogen and oxygen atoms in total. The standard InChI is InChI=1S/Ga.I3.In.6H/c;1-3-2;;;;;;;/q;-1;;;;;;;. The monoisotopic (exact) mass is 571 g/mol. The van der Waals surface area contributed by atoms with E-state index >= 15 is 0 Å². The Morgan fingerprint density at radius 1 is 1.20 bits per heavy atom. The van der Waals surface area contributed by atoms with E-state index in [0.717, 1.165) is 0 Å². The van der Waals surface area contributed by atoms with Gasteiger partial charge in [-0.15, -0.1) is 0 Å². The molecule has 0 rings (SSSR count). The molecule has 5 heteroatoms. The number of halogens is 3. The Balaban J connectivity index is -0.0000000200. The van der Waals surface area contributed by atoms with Crippen molar-refractivity contribution >= 4 is 82.9 Å². The molecule has 0 bridgehead atoms. The van der Waals surface area contributed by atoms with E-state index in [9.17, 15) is 0 Å². The van der Waals surface area contributed by atoms with Crippen LogP contribution in [-0.2, 0) is 0 Å². The van der Waals surface area contributed by atoms with Gasteiger partial charge in [0.15, 0.2) is 0 Å². The van der Waals surface area contributed by atoms with Crippen molar-refractivity contribution < 1.29 is 13.3 Å². The zero-order chi connectivity index (χ0) is 2.71. The van der Waals surface area contributed by atoms with Gasteiger partial charge in [-0.25, -0.2) is 0 Å². The average Bonchev–Trinajstić information content (AvgIpc) is 0.918. The summed E-state index contributed by atoms with van der Waals surface area (Å²) in [5.74, 6) is 0. The molecule has 0 aromatic rings. The first-order valence-corrected chi connectivity index (χ1v) is 12.9. The molecule has 0 fully saturated rings. The van der Waals surface area contributed by atoms with E-state index in [0.29, 0.717) is 13.3 Å². The molecule has 0 heterocycles. The fourth-order valence-electron chi connectivity index (χ4n) is 0. The first kappa shape index (κ1) is 15.9. The van der Waals surface area contributed by atoms with E-state index in [4.69, 9.17) is 0 Å². The minimum atomic E-state index is 0. The Morgan fingerprint density at radius 3 is 1.20 bits per heavy atom. The van der Waals surface area contributed by atoms with Crippen molar-refractivity contribution in [2.45, 2.75) is 0 Å². The molecular weight excluding hydrogens is 565 g/mol. The molecule has 0 aliphatic carbocycles. The number of rotatable bonds is 0. The van der Waals surface area contributed by atoms with E-state index in [1.165, 1.54) is 0 Å². The summed E-state index contributed by atoms with van der Waals surface area (Å²) in [6.45, 7) is 0. The summed E-state index contributed by atoms with van der Waals surface area (Å²) in [5.41, 5.74) is 0. The van der Waals surface area contributed by atoms with Gasteiger partial charge in [0, 0.05) is 0 Å². The van der Waals surface area contributed by atoms with E-state index in [1.807, 2.05) is 0 Å². The fraction of sp³-hybridized carbons (Fsp3) is 0. The van der Waals surface area contributed by atoms with Gasteiger partial charge < -0.3 is 0 Å². The van der Waals surface area contributed by atoms with E-state index in [-0.39, 0.29) is 45.6 Å². The van der Waals surface area contributed by atoms with Gasteiger partial charge in [0.2, 0.25) is 0 Å². The second-order valence-electron chi connectivity index (χ2n) is 0.0540. The van der Waals surface area contributed by atoms with Crippen molar-refractivity contribution in [3.05, 3.63) is 0 Å². The summed E-state index contributed by atoms with van der Waals surface area (Å²) in [6, 6.07) is 0. The van der Waals surface area contributed by atoms with Crippen LogP contribution in [0.3, 0.4) is 0 Å². The van der Waals surface area contributed by atoms with Gasteiger partial charge >= 0.3 is 96.1 Å². The predicted molar refractivity (Wildman–Crippen MR) is 47.9 cm³/mol. The van der Waals surface area contributed by atoms with Crippen molar-refractivity contribution in [1.82, 2.24) is 0 Å². The first-order valence-electron chi connectivity index (χ1n) is 0.286. The Hall–Kier alpha value is 3.70. The van der Waals surface area contributed by atoms with Gasteiger partial charge in [0.25, 0.3) is 0 Å². The average molecular weight is 571 g/mol. The molecular formula is H6GaI3In-. The molecule has 0 radical (unpaired) electrons. The third-order valence-corrected chi connectivity index (χ3v) is 0. The molecule has 0 N–H and O–H groups in total. The molecule has 34 valence electrons. The van der Waals surface area contributed by atoms with Crippen molar-refractivity contribution in [2.75, 3.05) is 0 Å². The van der Waals surface area contributed by atoms with Gasteiger partial charge in [-0.3, -0.25) is 0 Å². The number of hydrogen-bond donors (Lipinski definition) is 0. The van der Waals surface area contributed by atoms with Gasteiger partial charge in [0.05, 0.1) is 0 Å². The Kier molecular flexibility index (Phi) is 49.7. The van der Waals surface area contributed by atoms with E-state index in [1.54, 1.807) is 0 Å². The molecule has 0 amide bonds. The Morgan fingerprint density at radius 2 is 1.20 bits per heavy atom. The topological polar surface area (TPSA) is 0 Å². The molecule has 0 saturated carbocycles. The van der Waals surface area contributed by atoms with Crippen LogP contribution in [0.1, 0.15) is 0 Å². The van der Waals surface area contributed by atoms with Crippen molar-refractivity contribution in [3.63, 3.8) is 0 Å². The number of hydrogen-bond acceptors (Lipinski definition) is 0. The third kappa shape index (κ3) is 18.3. The maximum atomic E-state index is 2.39. The fourth-order valence-corrected chi connectivity index (χ4v) is 0. The summed E-state index contributed by atoms with van der Waals surface area (Å²) in [4.78, 5) is 0. The van der Waals surface area contributed by atoms with Crippen LogP contribution < -0.4 is 13.3 Å². The van der Waals surface area contributed by atoms with Crippen LogP contribution >= 0.6 is 37.2 Å². The van der Waals surface area contributed by atoms with E-state index < -0.39 is 0 Å². The molecule has 0 unspecified atom stereocenters. The summed E-state index contributed by atoms with van der Waals surface area (Å²) in [6.07, 6.45) is 0.